The lowest BCUT2D eigenvalue weighted by atomic mass is 10.3. The highest BCUT2D eigenvalue weighted by molar-refractivity contribution is 6.39. The largest absolute Gasteiger partial charge is 0.460 e. The van der Waals surface area contributed by atoms with E-state index in [-0.39, 0.29) is 11.5 Å². The summed E-state index contributed by atoms with van der Waals surface area (Å²) in [6.45, 7) is 0. The van der Waals surface area contributed by atoms with Crippen LogP contribution in [0.5, 0.6) is 0 Å². The molecule has 2 heterocycles. The van der Waals surface area contributed by atoms with Gasteiger partial charge in [0.25, 0.3) is 5.82 Å². The number of aromatic nitrogens is 5. The lowest BCUT2D eigenvalue weighted by Crippen LogP contribution is -2.22. The summed E-state index contributed by atoms with van der Waals surface area (Å²) in [5, 5.41) is 10.7. The van der Waals surface area contributed by atoms with Crippen LogP contribution in [0.3, 0.4) is 0 Å². The summed E-state index contributed by atoms with van der Waals surface area (Å²) < 4.78 is 5.70. The SMILES string of the molecule is COC(=O)C(=[N+]=[N-])c1nnnn1-c1ccncc1. The maximum atomic E-state index is 11.4. The van der Waals surface area contributed by atoms with Crippen molar-refractivity contribution in [1.82, 2.24) is 25.2 Å². The quantitative estimate of drug-likeness (QED) is 0.303. The van der Waals surface area contributed by atoms with E-state index in [0.29, 0.717) is 5.69 Å². The van der Waals surface area contributed by atoms with Crippen LogP contribution in [0.2, 0.25) is 0 Å². The maximum Gasteiger partial charge on any atom is 0.445 e. The number of rotatable bonds is 3. The van der Waals surface area contributed by atoms with Crippen molar-refractivity contribution in [3.05, 3.63) is 35.9 Å². The van der Waals surface area contributed by atoms with Crippen LogP contribution in [-0.2, 0) is 9.53 Å². The molecule has 2 aromatic heterocycles. The molecule has 0 saturated carbocycles. The van der Waals surface area contributed by atoms with Crippen molar-refractivity contribution in [2.24, 2.45) is 0 Å². The van der Waals surface area contributed by atoms with E-state index < -0.39 is 5.97 Å². The first kappa shape index (κ1) is 11.6. The average Bonchev–Trinajstić information content (AvgIpc) is 2.89. The summed E-state index contributed by atoms with van der Waals surface area (Å²) in [6.07, 6.45) is 3.07. The van der Waals surface area contributed by atoms with Gasteiger partial charge in [-0.15, -0.1) is 0 Å². The van der Waals surface area contributed by atoms with Crippen LogP contribution < -0.4 is 0 Å². The van der Waals surface area contributed by atoms with Crippen molar-refractivity contribution in [1.29, 1.82) is 0 Å². The van der Waals surface area contributed by atoms with Crippen LogP contribution in [0, 0.1) is 0 Å². The molecule has 0 unspecified atom stereocenters. The van der Waals surface area contributed by atoms with E-state index in [0.717, 1.165) is 7.11 Å². The van der Waals surface area contributed by atoms with Gasteiger partial charge in [-0.25, -0.2) is 4.79 Å². The number of pyridine rings is 1. The minimum atomic E-state index is -0.845. The Morgan fingerprint density at radius 3 is 2.78 bits per heavy atom. The summed E-state index contributed by atoms with van der Waals surface area (Å²) in [5.41, 5.74) is 9.01. The number of tetrazole rings is 1. The lowest BCUT2D eigenvalue weighted by Gasteiger charge is -1.99. The van der Waals surface area contributed by atoms with E-state index in [1.807, 2.05) is 0 Å². The summed E-state index contributed by atoms with van der Waals surface area (Å²) in [4.78, 5) is 18.1. The van der Waals surface area contributed by atoms with E-state index in [1.54, 1.807) is 12.1 Å². The lowest BCUT2D eigenvalue weighted by molar-refractivity contribution is -0.137. The van der Waals surface area contributed by atoms with Crippen molar-refractivity contribution < 1.29 is 14.3 Å². The highest BCUT2D eigenvalue weighted by atomic mass is 16.5. The minimum Gasteiger partial charge on any atom is -0.460 e. The van der Waals surface area contributed by atoms with Crippen LogP contribution >= 0.6 is 0 Å². The summed E-state index contributed by atoms with van der Waals surface area (Å²) >= 11 is 0. The van der Waals surface area contributed by atoms with Gasteiger partial charge >= 0.3 is 11.7 Å². The molecule has 0 saturated heterocycles. The molecule has 0 fully saturated rings. The molecule has 0 amide bonds. The zero-order valence-corrected chi connectivity index (χ0v) is 9.26. The average molecular weight is 245 g/mol. The number of methoxy groups -OCH3 is 1. The Morgan fingerprint density at radius 1 is 1.44 bits per heavy atom. The van der Waals surface area contributed by atoms with Crippen molar-refractivity contribution in [3.63, 3.8) is 0 Å². The van der Waals surface area contributed by atoms with Gasteiger partial charge in [0.2, 0.25) is 0 Å². The second-order valence-corrected chi connectivity index (χ2v) is 3.06. The normalized spacial score (nSPS) is 9.61. The van der Waals surface area contributed by atoms with E-state index in [9.17, 15) is 4.79 Å². The van der Waals surface area contributed by atoms with Gasteiger partial charge in [0.1, 0.15) is 0 Å². The fraction of sp³-hybridized carbons (Fsp3) is 0.111. The number of carbonyl (C=O) groups is 1. The molecule has 0 radical (unpaired) electrons. The molecule has 9 heteroatoms. The van der Waals surface area contributed by atoms with Crippen molar-refractivity contribution >= 4 is 11.7 Å². The second kappa shape index (κ2) is 4.93. The first-order chi connectivity index (χ1) is 8.77. The third-order valence-electron chi connectivity index (χ3n) is 2.07. The Morgan fingerprint density at radius 2 is 2.17 bits per heavy atom. The standard InChI is InChI=1S/C9H7N7O2/c1-18-9(17)7(12-10)8-13-14-15-16(8)6-2-4-11-5-3-6/h2-5H,1H3. The van der Waals surface area contributed by atoms with Gasteiger partial charge in [0, 0.05) is 12.4 Å². The number of ether oxygens (including phenoxy) is 1. The molecule has 0 aliphatic carbocycles. The molecule has 0 atom stereocenters. The molecule has 9 nitrogen and oxygen atoms in total. The Hall–Kier alpha value is -2.93. The topological polar surface area (TPSA) is 119 Å². The van der Waals surface area contributed by atoms with Gasteiger partial charge < -0.3 is 10.3 Å². The fourth-order valence-electron chi connectivity index (χ4n) is 1.27. The molecule has 2 aromatic rings. The van der Waals surface area contributed by atoms with Crippen LogP contribution in [-0.4, -0.2) is 48.8 Å². The van der Waals surface area contributed by atoms with Gasteiger partial charge in [0.15, 0.2) is 0 Å². The summed E-state index contributed by atoms with van der Waals surface area (Å²) in [7, 11) is 1.16. The monoisotopic (exact) mass is 245 g/mol. The number of esters is 1. The number of carbonyl (C=O) groups excluding carboxylic acids is 1. The van der Waals surface area contributed by atoms with E-state index in [1.165, 1.54) is 17.1 Å². The molecular weight excluding hydrogens is 238 g/mol. The first-order valence-corrected chi connectivity index (χ1v) is 4.77. The van der Waals surface area contributed by atoms with Crippen molar-refractivity contribution in [3.8, 4) is 5.69 Å². The van der Waals surface area contributed by atoms with Crippen molar-refractivity contribution in [2.75, 3.05) is 7.11 Å². The van der Waals surface area contributed by atoms with Crippen LogP contribution in [0.4, 0.5) is 0 Å². The molecule has 0 N–H and O–H groups in total. The zero-order chi connectivity index (χ0) is 13.0. The number of hydrogen-bond acceptors (Lipinski definition) is 6. The summed E-state index contributed by atoms with van der Waals surface area (Å²) in [5.74, 6) is -0.877. The third-order valence-corrected chi connectivity index (χ3v) is 2.07. The maximum absolute atomic E-state index is 11.4. The molecule has 0 aliphatic heterocycles. The molecule has 18 heavy (non-hydrogen) atoms. The Labute approximate surface area is 101 Å². The predicted octanol–water partition coefficient (Wildman–Crippen LogP) is -0.751. The fourth-order valence-corrected chi connectivity index (χ4v) is 1.27. The van der Waals surface area contributed by atoms with Crippen LogP contribution in [0.1, 0.15) is 5.82 Å². The summed E-state index contributed by atoms with van der Waals surface area (Å²) in [6, 6.07) is 3.26. The molecular formula is C9H7N7O2. The van der Waals surface area contributed by atoms with Gasteiger partial charge in [0.05, 0.1) is 12.8 Å². The van der Waals surface area contributed by atoms with Gasteiger partial charge in [-0.3, -0.25) is 4.98 Å². The molecule has 0 spiro atoms. The van der Waals surface area contributed by atoms with E-state index in [4.69, 9.17) is 5.53 Å². The molecule has 0 aliphatic rings. The van der Waals surface area contributed by atoms with Gasteiger partial charge in [-0.05, 0) is 22.6 Å². The van der Waals surface area contributed by atoms with Crippen LogP contribution in [0.15, 0.2) is 24.5 Å². The second-order valence-electron chi connectivity index (χ2n) is 3.06. The van der Waals surface area contributed by atoms with Gasteiger partial charge in [-0.1, -0.05) is 5.10 Å². The Balaban J connectivity index is 2.52. The highest BCUT2D eigenvalue weighted by Crippen LogP contribution is 2.06. The molecule has 90 valence electrons. The Kier molecular flexibility index (Phi) is 3.17. The van der Waals surface area contributed by atoms with Gasteiger partial charge in [-0.2, -0.15) is 9.47 Å². The number of hydrogen-bond donors (Lipinski definition) is 0. The zero-order valence-electron chi connectivity index (χ0n) is 9.26. The molecule has 2 rings (SSSR count). The predicted molar refractivity (Wildman–Crippen MR) is 56.7 cm³/mol. The highest BCUT2D eigenvalue weighted by Gasteiger charge is 2.31. The first-order valence-electron chi connectivity index (χ1n) is 4.77. The van der Waals surface area contributed by atoms with E-state index in [2.05, 4.69) is 30.0 Å². The molecule has 0 aromatic carbocycles. The number of nitrogens with zero attached hydrogens (tertiary/aromatic N) is 7. The minimum absolute atomic E-state index is 0.0319. The third kappa shape index (κ3) is 1.97. The smallest absolute Gasteiger partial charge is 0.445 e. The van der Waals surface area contributed by atoms with E-state index >= 15 is 0 Å². The Bertz CT molecular complexity index is 615. The molecule has 0 bridgehead atoms. The van der Waals surface area contributed by atoms with Crippen LogP contribution in [0.25, 0.3) is 11.2 Å². The van der Waals surface area contributed by atoms with Crippen molar-refractivity contribution in [2.45, 2.75) is 0 Å².